The van der Waals surface area contributed by atoms with E-state index in [9.17, 15) is 4.39 Å². The van der Waals surface area contributed by atoms with Crippen LogP contribution in [0.15, 0.2) is 72.8 Å². The van der Waals surface area contributed by atoms with Gasteiger partial charge < -0.3 is 14.4 Å². The average Bonchev–Trinajstić information content (AvgIpc) is 2.83. The molecule has 1 atom stereocenters. The first kappa shape index (κ1) is 21.2. The normalized spacial score (nSPS) is 16.9. The lowest BCUT2D eigenvalue weighted by molar-refractivity contribution is 0.226. The topological polar surface area (TPSA) is 24.9 Å². The maximum Gasteiger partial charge on any atom is 0.160 e. The van der Waals surface area contributed by atoms with Crippen molar-refractivity contribution in [1.29, 1.82) is 0 Å². The van der Waals surface area contributed by atoms with Crippen molar-refractivity contribution >= 4 is 5.69 Å². The number of nitrogens with zero attached hydrogens (tertiary/aromatic N) is 2. The van der Waals surface area contributed by atoms with Crippen molar-refractivity contribution in [2.24, 2.45) is 0 Å². The molecule has 3 aromatic carbocycles. The van der Waals surface area contributed by atoms with E-state index in [0.717, 1.165) is 49.8 Å². The van der Waals surface area contributed by atoms with Gasteiger partial charge in [0.05, 0.1) is 20.3 Å². The number of benzene rings is 3. The van der Waals surface area contributed by atoms with Gasteiger partial charge in [0.2, 0.25) is 0 Å². The van der Waals surface area contributed by atoms with Gasteiger partial charge in [0.15, 0.2) is 11.5 Å². The fourth-order valence-corrected chi connectivity index (χ4v) is 4.27. The van der Waals surface area contributed by atoms with Crippen LogP contribution in [-0.2, 0) is 6.42 Å². The molecule has 1 aliphatic heterocycles. The lowest BCUT2D eigenvalue weighted by Gasteiger charge is -2.43. The molecule has 1 aliphatic rings. The first-order valence-corrected chi connectivity index (χ1v) is 10.7. The van der Waals surface area contributed by atoms with Crippen LogP contribution in [-0.4, -0.2) is 45.3 Å². The first-order chi connectivity index (χ1) is 15.2. The number of hydrogen-bond acceptors (Lipinski definition) is 4. The smallest absolute Gasteiger partial charge is 0.160 e. The molecule has 1 fully saturated rings. The SMILES string of the molecule is COc1ccc(CCN2CCN(c3ccc(F)cc3)C(c3ccccc3)C2)cc1OC. The minimum atomic E-state index is -0.200. The number of piperazine rings is 1. The lowest BCUT2D eigenvalue weighted by Crippen LogP contribution is -2.49. The molecule has 5 heteroatoms. The van der Waals surface area contributed by atoms with Crippen LogP contribution in [0.5, 0.6) is 11.5 Å². The van der Waals surface area contributed by atoms with Crippen LogP contribution in [0, 0.1) is 5.82 Å². The highest BCUT2D eigenvalue weighted by Crippen LogP contribution is 2.31. The van der Waals surface area contributed by atoms with Gasteiger partial charge in [-0.15, -0.1) is 0 Å². The van der Waals surface area contributed by atoms with Gasteiger partial charge in [0, 0.05) is 31.9 Å². The molecule has 1 heterocycles. The van der Waals surface area contributed by atoms with E-state index in [2.05, 4.69) is 46.2 Å². The van der Waals surface area contributed by atoms with Crippen LogP contribution in [0.1, 0.15) is 17.2 Å². The summed E-state index contributed by atoms with van der Waals surface area (Å²) in [4.78, 5) is 4.90. The van der Waals surface area contributed by atoms with Crippen LogP contribution < -0.4 is 14.4 Å². The third-order valence-electron chi connectivity index (χ3n) is 5.97. The Morgan fingerprint density at radius 1 is 0.871 bits per heavy atom. The fourth-order valence-electron chi connectivity index (χ4n) is 4.27. The van der Waals surface area contributed by atoms with Gasteiger partial charge in [-0.1, -0.05) is 36.4 Å². The Morgan fingerprint density at radius 3 is 2.32 bits per heavy atom. The van der Waals surface area contributed by atoms with Crippen LogP contribution >= 0.6 is 0 Å². The summed E-state index contributed by atoms with van der Waals surface area (Å²) in [5, 5.41) is 0. The highest BCUT2D eigenvalue weighted by molar-refractivity contribution is 5.50. The zero-order valence-corrected chi connectivity index (χ0v) is 18.1. The van der Waals surface area contributed by atoms with Crippen LogP contribution in [0.25, 0.3) is 0 Å². The molecule has 4 nitrogen and oxygen atoms in total. The molecule has 0 aromatic heterocycles. The van der Waals surface area contributed by atoms with Crippen molar-refractivity contribution in [2.45, 2.75) is 12.5 Å². The lowest BCUT2D eigenvalue weighted by atomic mass is 10.0. The summed E-state index contributed by atoms with van der Waals surface area (Å²) in [5.41, 5.74) is 3.58. The monoisotopic (exact) mass is 420 g/mol. The fraction of sp³-hybridized carbons (Fsp3) is 0.308. The van der Waals surface area contributed by atoms with Gasteiger partial charge in [-0.2, -0.15) is 0 Å². The van der Waals surface area contributed by atoms with Crippen molar-refractivity contribution in [3.63, 3.8) is 0 Å². The highest BCUT2D eigenvalue weighted by atomic mass is 19.1. The summed E-state index contributed by atoms with van der Waals surface area (Å²) in [7, 11) is 3.32. The Kier molecular flexibility index (Phi) is 6.73. The molecule has 1 unspecified atom stereocenters. The molecule has 0 N–H and O–H groups in total. The zero-order chi connectivity index (χ0) is 21.6. The van der Waals surface area contributed by atoms with Crippen molar-refractivity contribution in [1.82, 2.24) is 4.90 Å². The summed E-state index contributed by atoms with van der Waals surface area (Å²) in [6.45, 7) is 3.76. The van der Waals surface area contributed by atoms with E-state index < -0.39 is 0 Å². The predicted molar refractivity (Wildman–Crippen MR) is 123 cm³/mol. The van der Waals surface area contributed by atoms with Crippen LogP contribution in [0.4, 0.5) is 10.1 Å². The Labute approximate surface area is 183 Å². The van der Waals surface area contributed by atoms with Gasteiger partial charge in [-0.05, 0) is 53.9 Å². The maximum atomic E-state index is 13.5. The summed E-state index contributed by atoms with van der Waals surface area (Å²) >= 11 is 0. The minimum absolute atomic E-state index is 0.200. The second-order valence-corrected chi connectivity index (χ2v) is 7.84. The van der Waals surface area contributed by atoms with Crippen LogP contribution in [0.2, 0.25) is 0 Å². The second-order valence-electron chi connectivity index (χ2n) is 7.84. The number of ether oxygens (including phenoxy) is 2. The largest absolute Gasteiger partial charge is 0.493 e. The quantitative estimate of drug-likeness (QED) is 0.540. The molecule has 0 radical (unpaired) electrons. The highest BCUT2D eigenvalue weighted by Gasteiger charge is 2.28. The molecular weight excluding hydrogens is 391 g/mol. The molecule has 0 bridgehead atoms. The second kappa shape index (κ2) is 9.84. The maximum absolute atomic E-state index is 13.5. The number of halogens is 1. The van der Waals surface area contributed by atoms with Gasteiger partial charge in [0.1, 0.15) is 5.82 Å². The number of methoxy groups -OCH3 is 2. The molecule has 0 amide bonds. The number of anilines is 1. The van der Waals surface area contributed by atoms with Crippen molar-refractivity contribution < 1.29 is 13.9 Å². The Hall–Kier alpha value is -3.05. The van der Waals surface area contributed by atoms with E-state index >= 15 is 0 Å². The third-order valence-corrected chi connectivity index (χ3v) is 5.97. The first-order valence-electron chi connectivity index (χ1n) is 10.7. The Balaban J connectivity index is 1.48. The molecule has 31 heavy (non-hydrogen) atoms. The Morgan fingerprint density at radius 2 is 1.61 bits per heavy atom. The molecule has 0 spiro atoms. The van der Waals surface area contributed by atoms with Crippen LogP contribution in [0.3, 0.4) is 0 Å². The molecule has 0 saturated carbocycles. The molecule has 0 aliphatic carbocycles. The van der Waals surface area contributed by atoms with E-state index in [1.165, 1.54) is 11.1 Å². The summed E-state index contributed by atoms with van der Waals surface area (Å²) in [5.74, 6) is 1.32. The molecule has 3 aromatic rings. The minimum Gasteiger partial charge on any atom is -0.493 e. The van der Waals surface area contributed by atoms with Gasteiger partial charge >= 0.3 is 0 Å². The van der Waals surface area contributed by atoms with E-state index in [1.807, 2.05) is 24.3 Å². The van der Waals surface area contributed by atoms with E-state index in [1.54, 1.807) is 26.4 Å². The standard InChI is InChI=1S/C26H29FN2O2/c1-30-25-13-8-20(18-26(25)31-2)14-15-28-16-17-29(23-11-9-22(27)10-12-23)24(19-28)21-6-4-3-5-7-21/h3-13,18,24H,14-17,19H2,1-2H3. The van der Waals surface area contributed by atoms with Crippen molar-refractivity contribution in [2.75, 3.05) is 45.3 Å². The van der Waals surface area contributed by atoms with Gasteiger partial charge in [-0.3, -0.25) is 4.90 Å². The predicted octanol–water partition coefficient (Wildman–Crippen LogP) is 4.95. The van der Waals surface area contributed by atoms with Gasteiger partial charge in [-0.25, -0.2) is 4.39 Å². The summed E-state index contributed by atoms with van der Waals surface area (Å²) < 4.78 is 24.2. The summed E-state index contributed by atoms with van der Waals surface area (Å²) in [6.07, 6.45) is 0.943. The molecule has 1 saturated heterocycles. The zero-order valence-electron chi connectivity index (χ0n) is 18.1. The molecule has 162 valence electrons. The van der Waals surface area contributed by atoms with E-state index in [-0.39, 0.29) is 11.9 Å². The summed E-state index contributed by atoms with van der Waals surface area (Å²) in [6, 6.07) is 23.8. The number of hydrogen-bond donors (Lipinski definition) is 0. The average molecular weight is 421 g/mol. The molecule has 4 rings (SSSR count). The van der Waals surface area contributed by atoms with Crippen molar-refractivity contribution in [3.8, 4) is 11.5 Å². The van der Waals surface area contributed by atoms with Crippen molar-refractivity contribution in [3.05, 3.63) is 89.7 Å². The van der Waals surface area contributed by atoms with E-state index in [4.69, 9.17) is 9.47 Å². The van der Waals surface area contributed by atoms with Gasteiger partial charge in [0.25, 0.3) is 0 Å². The third kappa shape index (κ3) is 5.00. The Bertz CT molecular complexity index is 978. The van der Waals surface area contributed by atoms with E-state index in [0.29, 0.717) is 0 Å². The number of rotatable bonds is 7. The molecular formula is C26H29FN2O2.